The average molecular weight is 186 g/mol. The molecule has 74 valence electrons. The van der Waals surface area contributed by atoms with E-state index < -0.39 is 11.9 Å². The molecule has 0 rings (SSSR count). The molecule has 0 spiro atoms. The van der Waals surface area contributed by atoms with Crippen molar-refractivity contribution >= 4 is 17.5 Å². The monoisotopic (exact) mass is 186 g/mol. The van der Waals surface area contributed by atoms with E-state index in [1.165, 1.54) is 13.8 Å². The summed E-state index contributed by atoms with van der Waals surface area (Å²) in [5, 5.41) is 0. The van der Waals surface area contributed by atoms with Gasteiger partial charge >= 0.3 is 5.97 Å². The van der Waals surface area contributed by atoms with Crippen LogP contribution in [0.1, 0.15) is 27.2 Å². The Hall–Kier alpha value is -1.19. The van der Waals surface area contributed by atoms with Gasteiger partial charge in [0.25, 0.3) is 0 Å². The molecule has 0 bridgehead atoms. The van der Waals surface area contributed by atoms with Crippen LogP contribution in [0.5, 0.6) is 0 Å². The zero-order valence-electron chi connectivity index (χ0n) is 8.12. The van der Waals surface area contributed by atoms with Crippen LogP contribution >= 0.6 is 0 Å². The van der Waals surface area contributed by atoms with Gasteiger partial charge in [0.2, 0.25) is 0 Å². The Bertz CT molecular complexity index is 220. The first kappa shape index (κ1) is 11.8. The van der Waals surface area contributed by atoms with E-state index in [-0.39, 0.29) is 24.6 Å². The van der Waals surface area contributed by atoms with E-state index in [1.807, 2.05) is 0 Å². The third-order valence-corrected chi connectivity index (χ3v) is 1.55. The predicted molar refractivity (Wildman–Crippen MR) is 46.1 cm³/mol. The number of carbonyl (C=O) groups excluding carboxylic acids is 3. The van der Waals surface area contributed by atoms with Gasteiger partial charge in [-0.1, -0.05) is 0 Å². The lowest BCUT2D eigenvalue weighted by Crippen LogP contribution is -2.24. The summed E-state index contributed by atoms with van der Waals surface area (Å²) in [7, 11) is 0. The minimum atomic E-state index is -0.830. The maximum Gasteiger partial charge on any atom is 0.316 e. The first-order valence-electron chi connectivity index (χ1n) is 4.17. The Morgan fingerprint density at radius 2 is 1.85 bits per heavy atom. The number of ether oxygens (including phenoxy) is 1. The summed E-state index contributed by atoms with van der Waals surface area (Å²) in [6, 6.07) is 0. The maximum absolute atomic E-state index is 11.1. The predicted octanol–water partition coefficient (Wildman–Crippen LogP) is 0.734. The summed E-state index contributed by atoms with van der Waals surface area (Å²) in [5.74, 6) is -2.01. The smallest absolute Gasteiger partial charge is 0.316 e. The molecule has 0 aromatic rings. The van der Waals surface area contributed by atoms with Crippen LogP contribution in [-0.2, 0) is 19.1 Å². The number of hydrogen-bond donors (Lipinski definition) is 0. The van der Waals surface area contributed by atoms with Gasteiger partial charge in [-0.15, -0.1) is 0 Å². The lowest BCUT2D eigenvalue weighted by molar-refractivity contribution is -0.150. The third-order valence-electron chi connectivity index (χ3n) is 1.55. The number of ketones is 2. The highest BCUT2D eigenvalue weighted by Crippen LogP contribution is 2.03. The van der Waals surface area contributed by atoms with E-state index in [1.54, 1.807) is 6.92 Å². The molecule has 0 amide bonds. The van der Waals surface area contributed by atoms with Crippen LogP contribution in [-0.4, -0.2) is 24.1 Å². The standard InChI is InChI=1S/C9H14O4/c1-4-13-9(12)7(3)8(11)5-6(2)10/h7H,4-5H2,1-3H3. The zero-order valence-corrected chi connectivity index (χ0v) is 8.12. The minimum Gasteiger partial charge on any atom is -0.465 e. The van der Waals surface area contributed by atoms with Crippen molar-refractivity contribution in [3.8, 4) is 0 Å². The summed E-state index contributed by atoms with van der Waals surface area (Å²) >= 11 is 0. The molecule has 1 atom stereocenters. The Morgan fingerprint density at radius 3 is 2.23 bits per heavy atom. The Balaban J connectivity index is 4.09. The molecule has 4 nitrogen and oxygen atoms in total. The van der Waals surface area contributed by atoms with Gasteiger partial charge in [-0.25, -0.2) is 0 Å². The normalized spacial score (nSPS) is 11.9. The molecule has 0 aliphatic heterocycles. The highest BCUT2D eigenvalue weighted by molar-refractivity contribution is 6.06. The summed E-state index contributed by atoms with van der Waals surface area (Å²) < 4.78 is 4.64. The lowest BCUT2D eigenvalue weighted by Gasteiger charge is -2.07. The SMILES string of the molecule is CCOC(=O)C(C)C(=O)CC(C)=O. The number of Topliss-reactive ketones (excluding diaryl/α,β-unsaturated/α-hetero) is 2. The van der Waals surface area contributed by atoms with Gasteiger partial charge in [0.15, 0.2) is 5.78 Å². The lowest BCUT2D eigenvalue weighted by atomic mass is 10.0. The molecule has 0 aromatic heterocycles. The molecule has 1 unspecified atom stereocenters. The molecule has 0 radical (unpaired) electrons. The third kappa shape index (κ3) is 4.40. The van der Waals surface area contributed by atoms with Gasteiger partial charge in [0, 0.05) is 0 Å². The van der Waals surface area contributed by atoms with Gasteiger partial charge in [0.05, 0.1) is 13.0 Å². The summed E-state index contributed by atoms with van der Waals surface area (Å²) in [6.45, 7) is 4.68. The summed E-state index contributed by atoms with van der Waals surface area (Å²) in [6.07, 6.45) is -0.194. The fourth-order valence-electron chi connectivity index (χ4n) is 0.797. The Morgan fingerprint density at radius 1 is 1.31 bits per heavy atom. The van der Waals surface area contributed by atoms with E-state index in [0.717, 1.165) is 0 Å². The zero-order chi connectivity index (χ0) is 10.4. The molecule has 0 fully saturated rings. The Kier molecular flexibility index (Phi) is 4.96. The van der Waals surface area contributed by atoms with Gasteiger partial charge in [-0.2, -0.15) is 0 Å². The molecule has 0 aromatic carbocycles. The van der Waals surface area contributed by atoms with Gasteiger partial charge < -0.3 is 4.74 Å². The van der Waals surface area contributed by atoms with Crippen molar-refractivity contribution < 1.29 is 19.1 Å². The van der Waals surface area contributed by atoms with E-state index in [0.29, 0.717) is 0 Å². The van der Waals surface area contributed by atoms with Crippen LogP contribution in [0.3, 0.4) is 0 Å². The highest BCUT2D eigenvalue weighted by Gasteiger charge is 2.23. The van der Waals surface area contributed by atoms with E-state index in [2.05, 4.69) is 4.74 Å². The van der Waals surface area contributed by atoms with E-state index in [9.17, 15) is 14.4 Å². The Labute approximate surface area is 77.3 Å². The molecule has 0 saturated heterocycles. The van der Waals surface area contributed by atoms with Crippen LogP contribution in [0.25, 0.3) is 0 Å². The van der Waals surface area contributed by atoms with Crippen molar-refractivity contribution in [2.45, 2.75) is 27.2 Å². The number of hydrogen-bond acceptors (Lipinski definition) is 4. The van der Waals surface area contributed by atoms with Crippen molar-refractivity contribution in [2.24, 2.45) is 5.92 Å². The average Bonchev–Trinajstić information content (AvgIpc) is 2.02. The van der Waals surface area contributed by atoms with Crippen LogP contribution < -0.4 is 0 Å². The molecule has 0 saturated carbocycles. The van der Waals surface area contributed by atoms with Crippen molar-refractivity contribution in [2.75, 3.05) is 6.61 Å². The number of esters is 1. The van der Waals surface area contributed by atoms with Gasteiger partial charge in [-0.05, 0) is 20.8 Å². The highest BCUT2D eigenvalue weighted by atomic mass is 16.5. The quantitative estimate of drug-likeness (QED) is 0.469. The fourth-order valence-corrected chi connectivity index (χ4v) is 0.797. The number of carbonyl (C=O) groups is 3. The first-order valence-corrected chi connectivity index (χ1v) is 4.17. The van der Waals surface area contributed by atoms with Gasteiger partial charge in [-0.3, -0.25) is 14.4 Å². The van der Waals surface area contributed by atoms with Crippen molar-refractivity contribution in [1.29, 1.82) is 0 Å². The van der Waals surface area contributed by atoms with Crippen molar-refractivity contribution in [3.63, 3.8) is 0 Å². The first-order chi connectivity index (χ1) is 5.99. The second-order valence-electron chi connectivity index (χ2n) is 2.82. The molecule has 13 heavy (non-hydrogen) atoms. The second-order valence-corrected chi connectivity index (χ2v) is 2.82. The van der Waals surface area contributed by atoms with Crippen molar-refractivity contribution in [3.05, 3.63) is 0 Å². The van der Waals surface area contributed by atoms with E-state index >= 15 is 0 Å². The molecular formula is C9H14O4. The van der Waals surface area contributed by atoms with Crippen molar-refractivity contribution in [1.82, 2.24) is 0 Å². The van der Waals surface area contributed by atoms with E-state index in [4.69, 9.17) is 0 Å². The molecule has 0 aliphatic carbocycles. The molecular weight excluding hydrogens is 172 g/mol. The second kappa shape index (κ2) is 5.45. The summed E-state index contributed by atoms with van der Waals surface area (Å²) in [4.78, 5) is 32.7. The topological polar surface area (TPSA) is 60.4 Å². The molecule has 0 N–H and O–H groups in total. The van der Waals surface area contributed by atoms with Crippen LogP contribution in [0, 0.1) is 5.92 Å². The van der Waals surface area contributed by atoms with Crippen LogP contribution in [0.2, 0.25) is 0 Å². The maximum atomic E-state index is 11.1. The summed E-state index contributed by atoms with van der Waals surface area (Å²) in [5.41, 5.74) is 0. The largest absolute Gasteiger partial charge is 0.465 e. The molecule has 0 aliphatic rings. The van der Waals surface area contributed by atoms with Crippen LogP contribution in [0.15, 0.2) is 0 Å². The van der Waals surface area contributed by atoms with Crippen LogP contribution in [0.4, 0.5) is 0 Å². The molecule has 0 heterocycles. The minimum absolute atomic E-state index is 0.194. The van der Waals surface area contributed by atoms with Gasteiger partial charge in [0.1, 0.15) is 11.7 Å². The fraction of sp³-hybridized carbons (Fsp3) is 0.667. The number of rotatable bonds is 5. The molecule has 4 heteroatoms.